The highest BCUT2D eigenvalue weighted by Crippen LogP contribution is 2.18. The van der Waals surface area contributed by atoms with E-state index in [2.05, 4.69) is 22.8 Å². The molecule has 2 aromatic carbocycles. The Hall–Kier alpha value is -2.07. The van der Waals surface area contributed by atoms with Crippen LogP contribution < -0.4 is 10.6 Å². The molecule has 0 unspecified atom stereocenters. The Morgan fingerprint density at radius 1 is 1.14 bits per heavy atom. The summed E-state index contributed by atoms with van der Waals surface area (Å²) in [7, 11) is 0. The first kappa shape index (κ1) is 16.3. The fourth-order valence-corrected chi connectivity index (χ4v) is 2.20. The lowest BCUT2D eigenvalue weighted by atomic mass is 10.1. The van der Waals surface area contributed by atoms with Crippen molar-refractivity contribution in [2.75, 3.05) is 18.4 Å². The molecule has 2 N–H and O–H groups in total. The van der Waals surface area contributed by atoms with E-state index in [1.165, 1.54) is 17.7 Å². The van der Waals surface area contributed by atoms with Gasteiger partial charge in [0.25, 0.3) is 0 Å². The van der Waals surface area contributed by atoms with Crippen molar-refractivity contribution < 1.29 is 9.18 Å². The predicted octanol–water partition coefficient (Wildman–Crippen LogP) is 3.64. The van der Waals surface area contributed by atoms with Gasteiger partial charge in [-0.3, -0.25) is 4.79 Å². The third kappa shape index (κ3) is 5.37. The fraction of sp³-hybridized carbons (Fsp3) is 0.235. The van der Waals surface area contributed by atoms with Crippen LogP contribution in [-0.4, -0.2) is 19.0 Å². The van der Waals surface area contributed by atoms with Crippen LogP contribution in [0.15, 0.2) is 48.5 Å². The summed E-state index contributed by atoms with van der Waals surface area (Å²) in [4.78, 5) is 11.7. The molecule has 0 spiro atoms. The quantitative estimate of drug-likeness (QED) is 0.765. The topological polar surface area (TPSA) is 41.1 Å². The van der Waals surface area contributed by atoms with Gasteiger partial charge in [-0.25, -0.2) is 4.39 Å². The molecule has 0 aliphatic carbocycles. The Bertz CT molecular complexity index is 619. The monoisotopic (exact) mass is 320 g/mol. The molecule has 0 heterocycles. The number of halogens is 2. The second-order valence-electron chi connectivity index (χ2n) is 4.92. The van der Waals surface area contributed by atoms with Crippen molar-refractivity contribution in [2.24, 2.45) is 0 Å². The van der Waals surface area contributed by atoms with Crippen LogP contribution in [0.4, 0.5) is 10.1 Å². The van der Waals surface area contributed by atoms with Crippen molar-refractivity contribution >= 4 is 23.2 Å². The summed E-state index contributed by atoms with van der Waals surface area (Å²) in [5, 5.41) is 5.78. The van der Waals surface area contributed by atoms with Crippen molar-refractivity contribution in [1.29, 1.82) is 0 Å². The summed E-state index contributed by atoms with van der Waals surface area (Å²) in [5.74, 6) is -0.578. The normalized spacial score (nSPS) is 10.3. The second-order valence-corrected chi connectivity index (χ2v) is 5.33. The molecule has 0 saturated heterocycles. The van der Waals surface area contributed by atoms with E-state index >= 15 is 0 Å². The minimum atomic E-state index is -0.474. The summed E-state index contributed by atoms with van der Waals surface area (Å²) in [5.41, 5.74) is 1.88. The Labute approximate surface area is 134 Å². The summed E-state index contributed by atoms with van der Waals surface area (Å²) in [6, 6.07) is 14.4. The van der Waals surface area contributed by atoms with E-state index in [4.69, 9.17) is 11.6 Å². The average Bonchev–Trinajstić information content (AvgIpc) is 2.54. The van der Waals surface area contributed by atoms with Crippen molar-refractivity contribution in [3.63, 3.8) is 0 Å². The number of nitrogens with one attached hydrogen (secondary N) is 2. The molecule has 0 aliphatic rings. The molecule has 1 amide bonds. The Kier molecular flexibility index (Phi) is 6.22. The zero-order valence-electron chi connectivity index (χ0n) is 12.1. The lowest BCUT2D eigenvalue weighted by molar-refractivity contribution is -0.119. The molecule has 0 aliphatic heterocycles. The summed E-state index contributed by atoms with van der Waals surface area (Å²) in [6.07, 6.45) is 1.82. The zero-order chi connectivity index (χ0) is 15.8. The number of carbonyl (C=O) groups is 1. The van der Waals surface area contributed by atoms with E-state index in [0.717, 1.165) is 12.8 Å². The highest BCUT2D eigenvalue weighted by Gasteiger charge is 2.03. The van der Waals surface area contributed by atoms with Crippen LogP contribution in [0.3, 0.4) is 0 Å². The van der Waals surface area contributed by atoms with Crippen molar-refractivity contribution in [2.45, 2.75) is 12.8 Å². The smallest absolute Gasteiger partial charge is 0.239 e. The maximum atomic E-state index is 13.0. The zero-order valence-corrected chi connectivity index (χ0v) is 12.9. The van der Waals surface area contributed by atoms with Crippen LogP contribution in [0.1, 0.15) is 12.0 Å². The number of amides is 1. The molecule has 3 nitrogen and oxygen atoms in total. The molecule has 2 rings (SSSR count). The van der Waals surface area contributed by atoms with Crippen molar-refractivity contribution in [3.05, 3.63) is 64.9 Å². The number of benzene rings is 2. The van der Waals surface area contributed by atoms with Crippen LogP contribution in [0.5, 0.6) is 0 Å². The first-order valence-corrected chi connectivity index (χ1v) is 7.52. The van der Waals surface area contributed by atoms with Gasteiger partial charge in [-0.05, 0) is 36.6 Å². The lowest BCUT2D eigenvalue weighted by Crippen LogP contribution is -2.30. The summed E-state index contributed by atoms with van der Waals surface area (Å²) < 4.78 is 13.0. The van der Waals surface area contributed by atoms with Crippen LogP contribution in [0.2, 0.25) is 5.02 Å². The fourth-order valence-electron chi connectivity index (χ4n) is 2.02. The molecule has 0 radical (unpaired) electrons. The van der Waals surface area contributed by atoms with E-state index in [0.29, 0.717) is 12.2 Å². The Balaban J connectivity index is 1.64. The molecule has 0 atom stereocenters. The molecule has 116 valence electrons. The molecule has 5 heteroatoms. The van der Waals surface area contributed by atoms with Crippen LogP contribution in [0.25, 0.3) is 0 Å². The first-order chi connectivity index (χ1) is 10.6. The highest BCUT2D eigenvalue weighted by atomic mass is 35.5. The average molecular weight is 321 g/mol. The molecule has 0 saturated carbocycles. The molecule has 0 aromatic heterocycles. The number of hydrogen-bond donors (Lipinski definition) is 2. The largest absolute Gasteiger partial charge is 0.376 e. The molecular weight excluding hydrogens is 303 g/mol. The summed E-state index contributed by atoms with van der Waals surface area (Å²) in [6.45, 7) is 0.757. The van der Waals surface area contributed by atoms with Gasteiger partial charge < -0.3 is 10.6 Å². The Morgan fingerprint density at radius 3 is 2.64 bits per heavy atom. The summed E-state index contributed by atoms with van der Waals surface area (Å²) >= 11 is 5.67. The van der Waals surface area contributed by atoms with E-state index in [1.807, 2.05) is 18.2 Å². The van der Waals surface area contributed by atoms with Gasteiger partial charge in [-0.1, -0.05) is 41.9 Å². The molecule has 0 bridgehead atoms. The number of anilines is 1. The maximum absolute atomic E-state index is 13.0. The van der Waals surface area contributed by atoms with Crippen LogP contribution >= 0.6 is 11.6 Å². The first-order valence-electron chi connectivity index (χ1n) is 7.15. The minimum absolute atomic E-state index is 0.0354. The number of aryl methyl sites for hydroxylation is 1. The van der Waals surface area contributed by atoms with E-state index in [9.17, 15) is 9.18 Å². The van der Waals surface area contributed by atoms with E-state index in [1.54, 1.807) is 6.07 Å². The number of carbonyl (C=O) groups excluding carboxylic acids is 1. The number of hydrogen-bond acceptors (Lipinski definition) is 2. The van der Waals surface area contributed by atoms with Gasteiger partial charge in [0.2, 0.25) is 5.91 Å². The van der Waals surface area contributed by atoms with Gasteiger partial charge in [-0.15, -0.1) is 0 Å². The van der Waals surface area contributed by atoms with Crippen molar-refractivity contribution in [3.8, 4) is 0 Å². The van der Waals surface area contributed by atoms with E-state index in [-0.39, 0.29) is 17.5 Å². The lowest BCUT2D eigenvalue weighted by Gasteiger charge is -2.08. The van der Waals surface area contributed by atoms with Gasteiger partial charge >= 0.3 is 0 Å². The molecule has 22 heavy (non-hydrogen) atoms. The minimum Gasteiger partial charge on any atom is -0.376 e. The standard InChI is InChI=1S/C17H18ClFN2O/c18-15-11-14(8-9-16(15)19)21-12-17(22)20-10-4-7-13-5-2-1-3-6-13/h1-3,5-6,8-9,11,21H,4,7,10,12H2,(H,20,22). The number of rotatable bonds is 7. The van der Waals surface area contributed by atoms with Crippen LogP contribution in [-0.2, 0) is 11.2 Å². The molecule has 0 fully saturated rings. The van der Waals surface area contributed by atoms with E-state index < -0.39 is 5.82 Å². The third-order valence-corrected chi connectivity index (χ3v) is 3.47. The van der Waals surface area contributed by atoms with Gasteiger partial charge in [0.05, 0.1) is 11.6 Å². The predicted molar refractivity (Wildman–Crippen MR) is 87.7 cm³/mol. The highest BCUT2D eigenvalue weighted by molar-refractivity contribution is 6.31. The Morgan fingerprint density at radius 2 is 1.91 bits per heavy atom. The van der Waals surface area contributed by atoms with Gasteiger partial charge in [-0.2, -0.15) is 0 Å². The van der Waals surface area contributed by atoms with Gasteiger partial charge in [0.15, 0.2) is 0 Å². The molecule has 2 aromatic rings. The molecular formula is C17H18ClFN2O. The SMILES string of the molecule is O=C(CNc1ccc(F)c(Cl)c1)NCCCc1ccccc1. The van der Waals surface area contributed by atoms with Crippen LogP contribution in [0, 0.1) is 5.82 Å². The third-order valence-electron chi connectivity index (χ3n) is 3.18. The van der Waals surface area contributed by atoms with Gasteiger partial charge in [0, 0.05) is 12.2 Å². The maximum Gasteiger partial charge on any atom is 0.239 e. The van der Waals surface area contributed by atoms with Crippen molar-refractivity contribution in [1.82, 2.24) is 5.32 Å². The van der Waals surface area contributed by atoms with Gasteiger partial charge in [0.1, 0.15) is 5.82 Å². The second kappa shape index (κ2) is 8.39.